The van der Waals surface area contributed by atoms with Crippen molar-refractivity contribution in [1.82, 2.24) is 9.69 Å². The van der Waals surface area contributed by atoms with Gasteiger partial charge in [0.1, 0.15) is 4.88 Å². The molecule has 0 unspecified atom stereocenters. The zero-order valence-electron chi connectivity index (χ0n) is 20.3. The highest BCUT2D eigenvalue weighted by molar-refractivity contribution is 7.10. The smallest absolute Gasteiger partial charge is 0.273 e. The molecule has 2 aromatic heterocycles. The highest BCUT2D eigenvalue weighted by Gasteiger charge is 2.36. The van der Waals surface area contributed by atoms with Crippen molar-refractivity contribution in [3.63, 3.8) is 0 Å². The molecule has 0 aliphatic rings. The zero-order valence-corrected chi connectivity index (χ0v) is 21.9. The van der Waals surface area contributed by atoms with Crippen LogP contribution in [0.25, 0.3) is 0 Å². The minimum atomic E-state index is -0.932. The molecule has 0 aliphatic carbocycles. The minimum Gasteiger partial charge on any atom is -0.395 e. The average molecular weight is 514 g/mol. The number of carbonyl (C=O) groups is 3. The van der Waals surface area contributed by atoms with E-state index in [-0.39, 0.29) is 22.2 Å². The second kappa shape index (κ2) is 11.5. The Kier molecular flexibility index (Phi) is 8.63. The van der Waals surface area contributed by atoms with Gasteiger partial charge in [-0.2, -0.15) is 4.37 Å². The summed E-state index contributed by atoms with van der Waals surface area (Å²) in [7, 11) is 0. The molecule has 2 heterocycles. The molecule has 5 N–H and O–H groups in total. The molecule has 3 rings (SSSR count). The molecule has 0 saturated heterocycles. The summed E-state index contributed by atoms with van der Waals surface area (Å²) < 4.78 is 3.98. The second-order valence-corrected chi connectivity index (χ2v) is 10.7. The van der Waals surface area contributed by atoms with Gasteiger partial charge in [0, 0.05) is 17.1 Å². The van der Waals surface area contributed by atoms with Gasteiger partial charge < -0.3 is 16.8 Å². The number of nitrogens with zero attached hydrogens (tertiary/aromatic N) is 2. The van der Waals surface area contributed by atoms with Gasteiger partial charge >= 0.3 is 0 Å². The predicted molar refractivity (Wildman–Crippen MR) is 142 cm³/mol. The minimum absolute atomic E-state index is 0.0586. The number of benzene rings is 1. The van der Waals surface area contributed by atoms with Crippen LogP contribution < -0.4 is 21.7 Å². The number of hydrogen-bond acceptors (Lipinski definition) is 7. The molecule has 186 valence electrons. The van der Waals surface area contributed by atoms with E-state index in [0.29, 0.717) is 28.9 Å². The normalized spacial score (nSPS) is 12.1. The number of primary amides is 1. The van der Waals surface area contributed by atoms with Crippen molar-refractivity contribution in [2.45, 2.75) is 46.1 Å². The first kappa shape index (κ1) is 26.4. The summed E-state index contributed by atoms with van der Waals surface area (Å²) in [6.07, 6.45) is 0.809. The Labute approximate surface area is 213 Å². The van der Waals surface area contributed by atoms with Gasteiger partial charge in [-0.1, -0.05) is 45.9 Å². The molecule has 3 aromatic rings. The van der Waals surface area contributed by atoms with E-state index in [1.165, 1.54) is 16.2 Å². The predicted octanol–water partition coefficient (Wildman–Crippen LogP) is 4.56. The lowest BCUT2D eigenvalue weighted by atomic mass is 10.0. The lowest BCUT2D eigenvalue weighted by Gasteiger charge is -2.30. The van der Waals surface area contributed by atoms with Gasteiger partial charge in [0.2, 0.25) is 5.91 Å². The van der Waals surface area contributed by atoms with Crippen molar-refractivity contribution >= 4 is 52.0 Å². The number of thiophene rings is 1. The lowest BCUT2D eigenvalue weighted by molar-refractivity contribution is -0.122. The Bertz CT molecular complexity index is 1170. The fourth-order valence-electron chi connectivity index (χ4n) is 3.54. The molecule has 3 amide bonds. The van der Waals surface area contributed by atoms with Crippen molar-refractivity contribution in [2.24, 2.45) is 11.7 Å². The number of amides is 3. The summed E-state index contributed by atoms with van der Waals surface area (Å²) in [4.78, 5) is 41.3. The maximum Gasteiger partial charge on any atom is 0.273 e. The first-order chi connectivity index (χ1) is 16.6. The number of nitrogens with one attached hydrogen (secondary N) is 1. The average Bonchev–Trinajstić information content (AvgIpc) is 3.46. The fourth-order valence-corrected chi connectivity index (χ4v) is 5.10. The summed E-state index contributed by atoms with van der Waals surface area (Å²) in [6.45, 7) is 8.81. The van der Waals surface area contributed by atoms with Crippen LogP contribution in [0.3, 0.4) is 0 Å². The molecule has 8 nitrogen and oxygen atoms in total. The van der Waals surface area contributed by atoms with Crippen LogP contribution in [0, 0.1) is 5.92 Å². The van der Waals surface area contributed by atoms with Gasteiger partial charge in [0.15, 0.2) is 11.7 Å². The first-order valence-corrected chi connectivity index (χ1v) is 13.1. The number of rotatable bonds is 10. The number of carbonyl (C=O) groups excluding carboxylic acids is 3. The van der Waals surface area contributed by atoms with Gasteiger partial charge in [0.05, 0.1) is 5.69 Å². The third kappa shape index (κ3) is 6.07. The maximum absolute atomic E-state index is 13.9. The third-order valence-corrected chi connectivity index (χ3v) is 7.33. The number of nitrogen functional groups attached to an aromatic ring is 1. The molecule has 0 fully saturated rings. The summed E-state index contributed by atoms with van der Waals surface area (Å²) in [6, 6.07) is 10.2. The highest BCUT2D eigenvalue weighted by atomic mass is 32.1. The molecule has 0 aliphatic heterocycles. The van der Waals surface area contributed by atoms with Gasteiger partial charge in [0.25, 0.3) is 11.8 Å². The first-order valence-electron chi connectivity index (χ1n) is 11.4. The van der Waals surface area contributed by atoms with E-state index in [1.54, 1.807) is 0 Å². The number of nitrogens with two attached hydrogens (primary N) is 2. The maximum atomic E-state index is 13.9. The standard InChI is InChI=1S/C25H31N5O3S2/c1-14(2)11-12-28-24(32)21(18-6-5-13-34-18)30(17-9-7-16(8-10-17)15(3)4)25(33)22-19(26)20(23(27)31)29-35-22/h5-10,13-15,21H,11-12,26H2,1-4H3,(H2,27,31)(H,28,32)/t21-/m1/s1. The van der Waals surface area contributed by atoms with Crippen molar-refractivity contribution in [2.75, 3.05) is 17.2 Å². The summed E-state index contributed by atoms with van der Waals surface area (Å²) in [5, 5.41) is 4.84. The number of aromatic nitrogens is 1. The van der Waals surface area contributed by atoms with Gasteiger partial charge in [-0.05, 0) is 58.9 Å². The van der Waals surface area contributed by atoms with Crippen LogP contribution >= 0.6 is 22.9 Å². The van der Waals surface area contributed by atoms with Gasteiger partial charge in [-0.15, -0.1) is 11.3 Å². The van der Waals surface area contributed by atoms with Crippen LogP contribution in [0.2, 0.25) is 0 Å². The highest BCUT2D eigenvalue weighted by Crippen LogP contribution is 2.35. The van der Waals surface area contributed by atoms with Gasteiger partial charge in [-0.25, -0.2) is 0 Å². The monoisotopic (exact) mass is 513 g/mol. The molecule has 0 spiro atoms. The largest absolute Gasteiger partial charge is 0.395 e. The zero-order chi connectivity index (χ0) is 25.7. The molecule has 0 bridgehead atoms. The Hall–Kier alpha value is -3.24. The van der Waals surface area contributed by atoms with Crippen LogP contribution in [0.4, 0.5) is 11.4 Å². The van der Waals surface area contributed by atoms with E-state index >= 15 is 0 Å². The Morgan fingerprint density at radius 1 is 1.09 bits per heavy atom. The molecule has 35 heavy (non-hydrogen) atoms. The Balaban J connectivity index is 2.11. The summed E-state index contributed by atoms with van der Waals surface area (Å²) in [5.74, 6) is -0.918. The van der Waals surface area contributed by atoms with Crippen LogP contribution in [0.5, 0.6) is 0 Å². The van der Waals surface area contributed by atoms with E-state index in [9.17, 15) is 14.4 Å². The molecular weight excluding hydrogens is 482 g/mol. The molecule has 0 saturated carbocycles. The topological polar surface area (TPSA) is 131 Å². The van der Waals surface area contributed by atoms with Crippen LogP contribution in [0.1, 0.15) is 76.7 Å². The van der Waals surface area contributed by atoms with Crippen molar-refractivity contribution in [3.05, 3.63) is 62.8 Å². The molecule has 10 heteroatoms. The fraction of sp³-hybridized carbons (Fsp3) is 0.360. The lowest BCUT2D eigenvalue weighted by Crippen LogP contribution is -2.44. The van der Waals surface area contributed by atoms with E-state index < -0.39 is 17.9 Å². The van der Waals surface area contributed by atoms with Crippen molar-refractivity contribution in [1.29, 1.82) is 0 Å². The third-order valence-electron chi connectivity index (χ3n) is 5.55. The number of hydrogen-bond donors (Lipinski definition) is 3. The molecular formula is C25H31N5O3S2. The van der Waals surface area contributed by atoms with Crippen molar-refractivity contribution in [3.8, 4) is 0 Å². The van der Waals surface area contributed by atoms with E-state index in [1.807, 2.05) is 41.8 Å². The molecule has 0 radical (unpaired) electrons. The van der Waals surface area contributed by atoms with Gasteiger partial charge in [-0.3, -0.25) is 19.3 Å². The Morgan fingerprint density at radius 3 is 2.29 bits per heavy atom. The van der Waals surface area contributed by atoms with E-state index in [2.05, 4.69) is 37.4 Å². The number of anilines is 2. The molecule has 1 atom stereocenters. The van der Waals surface area contributed by atoms with E-state index in [4.69, 9.17) is 11.5 Å². The van der Waals surface area contributed by atoms with Crippen LogP contribution in [-0.2, 0) is 4.79 Å². The Morgan fingerprint density at radius 2 is 1.77 bits per heavy atom. The van der Waals surface area contributed by atoms with E-state index in [0.717, 1.165) is 23.5 Å². The SMILES string of the molecule is CC(C)CCNC(=O)[C@@H](c1cccs1)N(C(=O)c1snc(C(N)=O)c1N)c1ccc(C(C)C)cc1. The summed E-state index contributed by atoms with van der Waals surface area (Å²) in [5.41, 5.74) is 12.9. The van der Waals surface area contributed by atoms with Crippen molar-refractivity contribution < 1.29 is 14.4 Å². The second-order valence-electron chi connectivity index (χ2n) is 8.95. The molecule has 1 aromatic carbocycles. The summed E-state index contributed by atoms with van der Waals surface area (Å²) >= 11 is 2.18. The quantitative estimate of drug-likeness (QED) is 0.366. The van der Waals surface area contributed by atoms with Crippen LogP contribution in [0.15, 0.2) is 41.8 Å². The van der Waals surface area contributed by atoms with Crippen LogP contribution in [-0.4, -0.2) is 28.6 Å².